The highest BCUT2D eigenvalue weighted by atomic mass is 32.2. The molecule has 0 bridgehead atoms. The number of carbonyl (C=O) groups excluding carboxylic acids is 1. The standard InChI is InChI=1S/C11H7FN2O3S/c12-8-6-14(10(16)13-9(8)15)11(17)18-7-4-2-1-3-5-7/h1-6H,(H,13,15,16). The van der Waals surface area contributed by atoms with Gasteiger partial charge in [-0.15, -0.1) is 0 Å². The Morgan fingerprint density at radius 1 is 1.22 bits per heavy atom. The molecule has 0 fully saturated rings. The lowest BCUT2D eigenvalue weighted by molar-refractivity contribution is 0.260. The van der Waals surface area contributed by atoms with Gasteiger partial charge in [-0.05, 0) is 23.9 Å². The van der Waals surface area contributed by atoms with E-state index in [1.54, 1.807) is 35.3 Å². The highest BCUT2D eigenvalue weighted by molar-refractivity contribution is 8.13. The fraction of sp³-hybridized carbons (Fsp3) is 0. The summed E-state index contributed by atoms with van der Waals surface area (Å²) < 4.78 is 13.5. The van der Waals surface area contributed by atoms with Gasteiger partial charge in [-0.1, -0.05) is 18.2 Å². The zero-order valence-electron chi connectivity index (χ0n) is 8.92. The van der Waals surface area contributed by atoms with E-state index >= 15 is 0 Å². The van der Waals surface area contributed by atoms with Crippen LogP contribution in [0.2, 0.25) is 0 Å². The number of carbonyl (C=O) groups is 1. The number of rotatable bonds is 1. The monoisotopic (exact) mass is 266 g/mol. The summed E-state index contributed by atoms with van der Waals surface area (Å²) in [6.07, 6.45) is 0.583. The molecule has 0 saturated heterocycles. The van der Waals surface area contributed by atoms with Crippen molar-refractivity contribution in [2.45, 2.75) is 4.90 Å². The summed E-state index contributed by atoms with van der Waals surface area (Å²) in [5.74, 6) is -1.18. The fourth-order valence-corrected chi connectivity index (χ4v) is 1.95. The van der Waals surface area contributed by atoms with E-state index in [4.69, 9.17) is 0 Å². The van der Waals surface area contributed by atoms with E-state index in [-0.39, 0.29) is 0 Å². The Hall–Kier alpha value is -2.15. The van der Waals surface area contributed by atoms with Crippen LogP contribution >= 0.6 is 11.8 Å². The number of nitrogens with zero attached hydrogens (tertiary/aromatic N) is 1. The van der Waals surface area contributed by atoms with Gasteiger partial charge >= 0.3 is 5.69 Å². The minimum atomic E-state index is -1.18. The highest BCUT2D eigenvalue weighted by Gasteiger charge is 2.12. The summed E-state index contributed by atoms with van der Waals surface area (Å²) in [6.45, 7) is 0. The minimum absolute atomic E-state index is 0.522. The van der Waals surface area contributed by atoms with Crippen molar-refractivity contribution in [1.29, 1.82) is 0 Å². The summed E-state index contributed by atoms with van der Waals surface area (Å²) in [4.78, 5) is 36.2. The Bertz CT molecular complexity index is 693. The molecule has 1 N–H and O–H groups in total. The van der Waals surface area contributed by atoms with Crippen LogP contribution in [0.15, 0.2) is 51.0 Å². The van der Waals surface area contributed by atoms with Gasteiger partial charge in [-0.3, -0.25) is 14.6 Å². The molecule has 0 radical (unpaired) electrons. The van der Waals surface area contributed by atoms with Crippen molar-refractivity contribution >= 4 is 17.0 Å². The van der Waals surface area contributed by atoms with Crippen LogP contribution in [0.1, 0.15) is 0 Å². The molecule has 5 nitrogen and oxygen atoms in total. The normalized spacial score (nSPS) is 10.3. The number of aromatic amines is 1. The topological polar surface area (TPSA) is 71.9 Å². The van der Waals surface area contributed by atoms with Crippen molar-refractivity contribution in [1.82, 2.24) is 9.55 Å². The fourth-order valence-electron chi connectivity index (χ4n) is 1.22. The molecule has 18 heavy (non-hydrogen) atoms. The number of H-pyrrole nitrogens is 1. The Morgan fingerprint density at radius 3 is 2.56 bits per heavy atom. The van der Waals surface area contributed by atoms with Crippen LogP contribution in [0.3, 0.4) is 0 Å². The Kier molecular flexibility index (Phi) is 3.42. The van der Waals surface area contributed by atoms with E-state index in [1.165, 1.54) is 0 Å². The van der Waals surface area contributed by atoms with E-state index in [9.17, 15) is 18.8 Å². The van der Waals surface area contributed by atoms with E-state index in [1.807, 2.05) is 0 Å². The number of hydrogen-bond donors (Lipinski definition) is 1. The summed E-state index contributed by atoms with van der Waals surface area (Å²) in [5, 5.41) is -0.693. The Labute approximate surface area is 104 Å². The quantitative estimate of drug-likeness (QED) is 0.793. The van der Waals surface area contributed by atoms with Gasteiger partial charge in [-0.25, -0.2) is 9.36 Å². The smallest absolute Gasteiger partial charge is 0.271 e. The van der Waals surface area contributed by atoms with Gasteiger partial charge in [-0.2, -0.15) is 4.39 Å². The van der Waals surface area contributed by atoms with E-state index < -0.39 is 22.3 Å². The van der Waals surface area contributed by atoms with Crippen LogP contribution in [-0.2, 0) is 0 Å². The summed E-state index contributed by atoms with van der Waals surface area (Å²) in [5.41, 5.74) is -2.11. The van der Waals surface area contributed by atoms with E-state index in [0.29, 0.717) is 15.7 Å². The summed E-state index contributed by atoms with van der Waals surface area (Å²) >= 11 is 0.761. The molecule has 7 heteroatoms. The third-order valence-corrected chi connectivity index (χ3v) is 2.92. The third kappa shape index (κ3) is 2.57. The van der Waals surface area contributed by atoms with Gasteiger partial charge in [0.2, 0.25) is 5.82 Å². The average molecular weight is 266 g/mol. The van der Waals surface area contributed by atoms with Crippen LogP contribution in [0, 0.1) is 5.82 Å². The third-order valence-electron chi connectivity index (χ3n) is 2.04. The van der Waals surface area contributed by atoms with Crippen molar-refractivity contribution in [2.75, 3.05) is 0 Å². The molecule has 0 aliphatic carbocycles. The van der Waals surface area contributed by atoms with Crippen LogP contribution in [0.4, 0.5) is 9.18 Å². The van der Waals surface area contributed by atoms with Crippen LogP contribution < -0.4 is 11.2 Å². The van der Waals surface area contributed by atoms with E-state index in [2.05, 4.69) is 0 Å². The lowest BCUT2D eigenvalue weighted by atomic mass is 10.4. The number of benzene rings is 1. The van der Waals surface area contributed by atoms with Crippen molar-refractivity contribution in [3.05, 3.63) is 63.2 Å². The van der Waals surface area contributed by atoms with Gasteiger partial charge < -0.3 is 0 Å². The first kappa shape index (κ1) is 12.3. The molecule has 0 unspecified atom stereocenters. The molecule has 1 aromatic carbocycles. The molecular weight excluding hydrogens is 259 g/mol. The number of thioether (sulfide) groups is 1. The molecule has 0 aliphatic heterocycles. The minimum Gasteiger partial charge on any atom is -0.271 e. The van der Waals surface area contributed by atoms with Crippen molar-refractivity contribution in [3.8, 4) is 0 Å². The second-order valence-electron chi connectivity index (χ2n) is 3.29. The summed E-state index contributed by atoms with van der Waals surface area (Å²) in [6, 6.07) is 8.59. The van der Waals surface area contributed by atoms with Gasteiger partial charge in [0, 0.05) is 4.90 Å². The molecular formula is C11H7FN2O3S. The molecule has 1 aromatic heterocycles. The van der Waals surface area contributed by atoms with Gasteiger partial charge in [0.15, 0.2) is 0 Å². The van der Waals surface area contributed by atoms with Crippen molar-refractivity contribution in [2.24, 2.45) is 0 Å². The van der Waals surface area contributed by atoms with Crippen molar-refractivity contribution < 1.29 is 9.18 Å². The second-order valence-corrected chi connectivity index (χ2v) is 4.31. The van der Waals surface area contributed by atoms with Gasteiger partial charge in [0.05, 0.1) is 6.20 Å². The van der Waals surface area contributed by atoms with E-state index in [0.717, 1.165) is 11.8 Å². The van der Waals surface area contributed by atoms with Gasteiger partial charge in [0.1, 0.15) is 0 Å². The molecule has 2 aromatic rings. The zero-order valence-corrected chi connectivity index (χ0v) is 9.74. The Morgan fingerprint density at radius 2 is 1.89 bits per heavy atom. The number of hydrogen-bond acceptors (Lipinski definition) is 4. The summed E-state index contributed by atoms with van der Waals surface area (Å²) in [7, 11) is 0. The predicted octanol–water partition coefficient (Wildman–Crippen LogP) is 1.44. The lowest BCUT2D eigenvalue weighted by Crippen LogP contribution is -2.33. The molecule has 1 heterocycles. The molecule has 0 saturated carbocycles. The second kappa shape index (κ2) is 5.01. The number of halogens is 1. The number of aromatic nitrogens is 2. The van der Waals surface area contributed by atoms with Crippen LogP contribution in [0.25, 0.3) is 0 Å². The first-order valence-corrected chi connectivity index (χ1v) is 5.68. The highest BCUT2D eigenvalue weighted by Crippen LogP contribution is 2.18. The molecule has 0 spiro atoms. The molecule has 92 valence electrons. The van der Waals surface area contributed by atoms with Gasteiger partial charge in [0.25, 0.3) is 10.8 Å². The number of nitrogens with one attached hydrogen (secondary N) is 1. The first-order valence-electron chi connectivity index (χ1n) is 4.86. The average Bonchev–Trinajstić information content (AvgIpc) is 2.35. The molecule has 2 rings (SSSR count). The zero-order chi connectivity index (χ0) is 13.1. The molecule has 0 amide bonds. The Balaban J connectivity index is 2.33. The maximum atomic E-state index is 13.0. The maximum absolute atomic E-state index is 13.0. The van der Waals surface area contributed by atoms with Crippen LogP contribution in [0.5, 0.6) is 0 Å². The molecule has 0 atom stereocenters. The van der Waals surface area contributed by atoms with Crippen molar-refractivity contribution in [3.63, 3.8) is 0 Å². The predicted molar refractivity (Wildman–Crippen MR) is 64.4 cm³/mol. The maximum Gasteiger partial charge on any atom is 0.336 e. The van der Waals surface area contributed by atoms with Crippen LogP contribution in [-0.4, -0.2) is 14.8 Å². The lowest BCUT2D eigenvalue weighted by Gasteiger charge is -2.02. The molecule has 0 aliphatic rings. The SMILES string of the molecule is O=C(Sc1ccccc1)n1cc(F)c(=O)[nH]c1=O. The first-order chi connectivity index (χ1) is 8.58. The largest absolute Gasteiger partial charge is 0.336 e.